The molecule has 0 spiro atoms. The fraction of sp³-hybridized carbons (Fsp3) is 0.304. The van der Waals surface area contributed by atoms with Crippen LogP contribution in [0.4, 0.5) is 0 Å². The standard InChI is InChI=1S/C23H27BS/c1-14-10-16(3)22(17(4)11-14)24(21-9-8-20(7)25-21)23-18(5)12-15(2)13-19(23)6/h8-13H,1-7H3. The molecular formula is C23H27BS. The Morgan fingerprint density at radius 3 is 1.32 bits per heavy atom. The van der Waals surface area contributed by atoms with Crippen molar-refractivity contribution in [3.8, 4) is 0 Å². The van der Waals surface area contributed by atoms with Crippen LogP contribution >= 0.6 is 11.3 Å². The molecule has 128 valence electrons. The zero-order valence-corrected chi connectivity index (χ0v) is 17.3. The van der Waals surface area contributed by atoms with Gasteiger partial charge in [0.1, 0.15) is 0 Å². The highest BCUT2D eigenvalue weighted by molar-refractivity contribution is 7.27. The van der Waals surface area contributed by atoms with Gasteiger partial charge in [0.15, 0.2) is 0 Å². The molecule has 0 saturated carbocycles. The smallest absolute Gasteiger partial charge is 0.155 e. The van der Waals surface area contributed by atoms with E-state index < -0.39 is 0 Å². The molecule has 0 aliphatic rings. The average molecular weight is 346 g/mol. The van der Waals surface area contributed by atoms with E-state index in [0.717, 1.165) is 0 Å². The van der Waals surface area contributed by atoms with Crippen molar-refractivity contribution in [1.29, 1.82) is 0 Å². The molecule has 1 heterocycles. The van der Waals surface area contributed by atoms with Gasteiger partial charge in [0, 0.05) is 4.88 Å². The Labute approximate surface area is 157 Å². The van der Waals surface area contributed by atoms with Crippen LogP contribution in [0.3, 0.4) is 0 Å². The molecule has 0 unspecified atom stereocenters. The summed E-state index contributed by atoms with van der Waals surface area (Å²) in [6.07, 6.45) is 0. The number of hydrogen-bond donors (Lipinski definition) is 0. The van der Waals surface area contributed by atoms with E-state index in [9.17, 15) is 0 Å². The quantitative estimate of drug-likeness (QED) is 0.616. The van der Waals surface area contributed by atoms with E-state index in [1.807, 2.05) is 11.3 Å². The first kappa shape index (κ1) is 18.0. The Kier molecular flexibility index (Phi) is 4.93. The highest BCUT2D eigenvalue weighted by Gasteiger charge is 2.29. The van der Waals surface area contributed by atoms with Crippen molar-refractivity contribution in [2.45, 2.75) is 48.5 Å². The normalized spacial score (nSPS) is 11.0. The molecule has 2 aromatic carbocycles. The molecule has 0 radical (unpaired) electrons. The zero-order chi connectivity index (χ0) is 18.3. The van der Waals surface area contributed by atoms with Crippen molar-refractivity contribution in [3.63, 3.8) is 0 Å². The fourth-order valence-electron chi connectivity index (χ4n) is 4.33. The van der Waals surface area contributed by atoms with Gasteiger partial charge in [-0.1, -0.05) is 74.6 Å². The molecule has 0 bridgehead atoms. The Morgan fingerprint density at radius 1 is 0.600 bits per heavy atom. The van der Waals surface area contributed by atoms with Gasteiger partial charge in [-0.25, -0.2) is 0 Å². The summed E-state index contributed by atoms with van der Waals surface area (Å²) in [4.78, 5) is 1.38. The third kappa shape index (κ3) is 3.46. The van der Waals surface area contributed by atoms with Gasteiger partial charge in [0.05, 0.1) is 0 Å². The van der Waals surface area contributed by atoms with Crippen LogP contribution in [0, 0.1) is 48.5 Å². The third-order valence-corrected chi connectivity index (χ3v) is 6.16. The summed E-state index contributed by atoms with van der Waals surface area (Å²) in [7, 11) is 0. The van der Waals surface area contributed by atoms with Crippen LogP contribution in [-0.4, -0.2) is 6.71 Å². The molecule has 0 saturated heterocycles. The number of benzene rings is 2. The largest absolute Gasteiger partial charge is 0.255 e. The molecule has 3 rings (SSSR count). The minimum absolute atomic E-state index is 0.319. The van der Waals surface area contributed by atoms with Gasteiger partial charge in [-0.3, -0.25) is 0 Å². The van der Waals surface area contributed by atoms with Gasteiger partial charge in [0.25, 0.3) is 6.71 Å². The lowest BCUT2D eigenvalue weighted by molar-refractivity contribution is 1.34. The summed E-state index contributed by atoms with van der Waals surface area (Å²) in [5.41, 5.74) is 11.2. The van der Waals surface area contributed by atoms with E-state index in [2.05, 4.69) is 84.9 Å². The minimum Gasteiger partial charge on any atom is -0.155 e. The Morgan fingerprint density at radius 2 is 1.00 bits per heavy atom. The first-order valence-corrected chi connectivity index (χ1v) is 9.81. The number of thiophene rings is 1. The van der Waals surface area contributed by atoms with Gasteiger partial charge >= 0.3 is 0 Å². The van der Waals surface area contributed by atoms with E-state index in [1.54, 1.807) is 0 Å². The summed E-state index contributed by atoms with van der Waals surface area (Å²) in [6.45, 7) is 16.0. The first-order valence-electron chi connectivity index (χ1n) is 8.99. The van der Waals surface area contributed by atoms with Gasteiger partial charge in [-0.2, -0.15) is 11.3 Å². The van der Waals surface area contributed by atoms with Gasteiger partial charge < -0.3 is 0 Å². The summed E-state index contributed by atoms with van der Waals surface area (Å²) >= 11 is 1.93. The van der Waals surface area contributed by atoms with Crippen LogP contribution in [0.25, 0.3) is 0 Å². The van der Waals surface area contributed by atoms with Crippen molar-refractivity contribution in [2.24, 2.45) is 0 Å². The second kappa shape index (κ2) is 6.84. The van der Waals surface area contributed by atoms with Gasteiger partial charge in [-0.05, 0) is 59.3 Å². The topological polar surface area (TPSA) is 0 Å². The Bertz CT molecular complexity index is 830. The maximum Gasteiger partial charge on any atom is 0.255 e. The first-order chi connectivity index (χ1) is 11.8. The van der Waals surface area contributed by atoms with E-state index in [-0.39, 0.29) is 0 Å². The van der Waals surface area contributed by atoms with Crippen LogP contribution < -0.4 is 15.7 Å². The lowest BCUT2D eigenvalue weighted by atomic mass is 9.37. The van der Waals surface area contributed by atoms with Crippen molar-refractivity contribution in [1.82, 2.24) is 0 Å². The molecule has 0 amide bonds. The van der Waals surface area contributed by atoms with Crippen LogP contribution in [-0.2, 0) is 0 Å². The fourth-order valence-corrected chi connectivity index (χ4v) is 5.33. The van der Waals surface area contributed by atoms with Crippen LogP contribution in [0.15, 0.2) is 36.4 Å². The monoisotopic (exact) mass is 346 g/mol. The predicted molar refractivity (Wildman–Crippen MR) is 115 cm³/mol. The van der Waals surface area contributed by atoms with Crippen LogP contribution in [0.5, 0.6) is 0 Å². The molecule has 0 fully saturated rings. The number of aryl methyl sites for hydroxylation is 7. The zero-order valence-electron chi connectivity index (χ0n) is 16.4. The van der Waals surface area contributed by atoms with Crippen LogP contribution in [0.1, 0.15) is 38.3 Å². The summed E-state index contributed by atoms with van der Waals surface area (Å²) in [5.74, 6) is 0. The van der Waals surface area contributed by atoms with E-state index in [0.29, 0.717) is 6.71 Å². The summed E-state index contributed by atoms with van der Waals surface area (Å²) in [5, 5.41) is 0. The maximum atomic E-state index is 2.33. The van der Waals surface area contributed by atoms with Crippen molar-refractivity contribution in [2.75, 3.05) is 0 Å². The van der Waals surface area contributed by atoms with Gasteiger partial charge in [0.2, 0.25) is 0 Å². The lowest BCUT2D eigenvalue weighted by Gasteiger charge is -2.23. The average Bonchev–Trinajstić information content (AvgIpc) is 2.89. The molecule has 0 aliphatic heterocycles. The maximum absolute atomic E-state index is 2.33. The Hall–Kier alpha value is -1.80. The highest BCUT2D eigenvalue weighted by atomic mass is 32.1. The molecule has 0 aliphatic carbocycles. The summed E-state index contributed by atoms with van der Waals surface area (Å²) < 4.78 is 1.45. The third-order valence-electron chi connectivity index (χ3n) is 5.10. The molecule has 0 nitrogen and oxygen atoms in total. The minimum atomic E-state index is 0.319. The van der Waals surface area contributed by atoms with Crippen molar-refractivity contribution < 1.29 is 0 Å². The van der Waals surface area contributed by atoms with Crippen molar-refractivity contribution in [3.05, 3.63) is 74.7 Å². The second-order valence-corrected chi connectivity index (χ2v) is 8.83. The summed E-state index contributed by atoms with van der Waals surface area (Å²) in [6, 6.07) is 13.9. The number of hydrogen-bond acceptors (Lipinski definition) is 1. The predicted octanol–water partition coefficient (Wildman–Crippen LogP) is 4.42. The van der Waals surface area contributed by atoms with E-state index in [1.165, 1.54) is 54.0 Å². The molecule has 25 heavy (non-hydrogen) atoms. The van der Waals surface area contributed by atoms with E-state index >= 15 is 0 Å². The highest BCUT2D eigenvalue weighted by Crippen LogP contribution is 2.15. The molecule has 3 aromatic rings. The van der Waals surface area contributed by atoms with Gasteiger partial charge in [-0.15, -0.1) is 0 Å². The molecule has 0 N–H and O–H groups in total. The molecule has 2 heteroatoms. The van der Waals surface area contributed by atoms with Crippen molar-refractivity contribution >= 4 is 33.8 Å². The number of rotatable bonds is 3. The molecular weight excluding hydrogens is 319 g/mol. The van der Waals surface area contributed by atoms with E-state index in [4.69, 9.17) is 0 Å². The van der Waals surface area contributed by atoms with Crippen LogP contribution in [0.2, 0.25) is 0 Å². The lowest BCUT2D eigenvalue weighted by Crippen LogP contribution is -2.54. The molecule has 1 aromatic heterocycles. The Balaban J connectivity index is 2.33. The molecule has 0 atom stereocenters. The SMILES string of the molecule is Cc1cc(C)c(B(c2ccc(C)s2)c2c(C)cc(C)cc2C)c(C)c1. The second-order valence-electron chi connectivity index (χ2n) is 7.51.